The zero-order chi connectivity index (χ0) is 14.7. The molecule has 0 rings (SSSR count). The Hall–Kier alpha value is -2.42. The molecule has 0 aliphatic carbocycles. The molecule has 102 valence electrons. The van der Waals surface area contributed by atoms with Crippen molar-refractivity contribution in [3.8, 4) is 0 Å². The SMILES string of the molecule is N[C@@H](CCC(=O)O)C(=O)O.O=C(O)/C=C/C(=O)O. The van der Waals surface area contributed by atoms with Crippen molar-refractivity contribution in [2.45, 2.75) is 18.9 Å². The van der Waals surface area contributed by atoms with Crippen molar-refractivity contribution in [1.29, 1.82) is 0 Å². The molecule has 0 aliphatic rings. The first-order valence-electron chi connectivity index (χ1n) is 4.51. The summed E-state index contributed by atoms with van der Waals surface area (Å²) in [7, 11) is 0. The van der Waals surface area contributed by atoms with E-state index < -0.39 is 29.9 Å². The highest BCUT2D eigenvalue weighted by Crippen LogP contribution is 1.93. The van der Waals surface area contributed by atoms with E-state index in [0.29, 0.717) is 12.2 Å². The van der Waals surface area contributed by atoms with Crippen LogP contribution in [0.15, 0.2) is 12.2 Å². The summed E-state index contributed by atoms with van der Waals surface area (Å²) in [5.41, 5.74) is 5.00. The molecule has 0 bridgehead atoms. The highest BCUT2D eigenvalue weighted by Gasteiger charge is 2.12. The Morgan fingerprint density at radius 2 is 1.33 bits per heavy atom. The fraction of sp³-hybridized carbons (Fsp3) is 0.333. The summed E-state index contributed by atoms with van der Waals surface area (Å²) in [6.07, 6.45) is 0.892. The molecule has 0 aromatic rings. The van der Waals surface area contributed by atoms with Gasteiger partial charge in [0.25, 0.3) is 0 Å². The van der Waals surface area contributed by atoms with Gasteiger partial charge in [0, 0.05) is 18.6 Å². The molecule has 0 fully saturated rings. The van der Waals surface area contributed by atoms with Crippen molar-refractivity contribution in [2.24, 2.45) is 5.73 Å². The number of hydrogen-bond acceptors (Lipinski definition) is 5. The molecule has 0 aliphatic heterocycles. The monoisotopic (exact) mass is 263 g/mol. The van der Waals surface area contributed by atoms with Gasteiger partial charge in [-0.15, -0.1) is 0 Å². The second-order valence-electron chi connectivity index (χ2n) is 2.89. The summed E-state index contributed by atoms with van der Waals surface area (Å²) in [6, 6.07) is -1.06. The number of rotatable bonds is 6. The van der Waals surface area contributed by atoms with Crippen LogP contribution in [-0.4, -0.2) is 50.3 Å². The third-order valence-electron chi connectivity index (χ3n) is 1.35. The predicted molar refractivity (Wildman–Crippen MR) is 56.9 cm³/mol. The molecule has 0 amide bonds. The largest absolute Gasteiger partial charge is 0.481 e. The first-order valence-corrected chi connectivity index (χ1v) is 4.51. The fourth-order valence-electron chi connectivity index (χ4n) is 0.545. The van der Waals surface area contributed by atoms with Gasteiger partial charge in [0.1, 0.15) is 6.04 Å². The minimum absolute atomic E-state index is 0.0231. The Morgan fingerprint density at radius 1 is 0.944 bits per heavy atom. The lowest BCUT2D eigenvalue weighted by atomic mass is 10.2. The second-order valence-corrected chi connectivity index (χ2v) is 2.89. The van der Waals surface area contributed by atoms with Gasteiger partial charge in [0.2, 0.25) is 0 Å². The van der Waals surface area contributed by atoms with E-state index in [0.717, 1.165) is 0 Å². The minimum atomic E-state index is -1.26. The highest BCUT2D eigenvalue weighted by molar-refractivity contribution is 5.89. The van der Waals surface area contributed by atoms with Crippen LogP contribution in [0.25, 0.3) is 0 Å². The van der Waals surface area contributed by atoms with Crippen molar-refractivity contribution < 1.29 is 39.6 Å². The Labute approximate surface area is 101 Å². The number of hydrogen-bond donors (Lipinski definition) is 5. The van der Waals surface area contributed by atoms with Gasteiger partial charge in [-0.05, 0) is 6.42 Å². The molecule has 0 heterocycles. The summed E-state index contributed by atoms with van der Waals surface area (Å²) < 4.78 is 0. The Morgan fingerprint density at radius 3 is 1.56 bits per heavy atom. The molecule has 0 saturated carbocycles. The van der Waals surface area contributed by atoms with Crippen LogP contribution in [0.5, 0.6) is 0 Å². The molecule has 0 saturated heterocycles. The van der Waals surface area contributed by atoms with Crippen molar-refractivity contribution in [3.05, 3.63) is 12.2 Å². The normalized spacial score (nSPS) is 11.2. The van der Waals surface area contributed by atoms with Crippen LogP contribution in [0.2, 0.25) is 0 Å². The van der Waals surface area contributed by atoms with Crippen molar-refractivity contribution in [2.75, 3.05) is 0 Å². The van der Waals surface area contributed by atoms with Crippen LogP contribution >= 0.6 is 0 Å². The topological polar surface area (TPSA) is 175 Å². The first kappa shape index (κ1) is 18.0. The third kappa shape index (κ3) is 16.0. The molecular weight excluding hydrogens is 250 g/mol. The fourth-order valence-corrected chi connectivity index (χ4v) is 0.545. The van der Waals surface area contributed by atoms with Gasteiger partial charge >= 0.3 is 23.9 Å². The van der Waals surface area contributed by atoms with E-state index in [1.54, 1.807) is 0 Å². The van der Waals surface area contributed by atoms with Gasteiger partial charge in [-0.25, -0.2) is 9.59 Å². The van der Waals surface area contributed by atoms with E-state index in [4.69, 9.17) is 26.2 Å². The summed E-state index contributed by atoms with van der Waals surface area (Å²) in [5, 5.41) is 31.9. The average molecular weight is 263 g/mol. The van der Waals surface area contributed by atoms with Crippen molar-refractivity contribution in [1.82, 2.24) is 0 Å². The summed E-state index contributed by atoms with van der Waals surface area (Å²) in [5.74, 6) is -4.71. The molecule has 0 radical (unpaired) electrons. The standard InChI is InChI=1S/C5H9NO4.C4H4O4/c6-3(5(9)10)1-2-4(7)8;5-3(6)1-2-4(7)8/h3H,1-2,6H2,(H,7,8)(H,9,10);1-2H,(H,5,6)(H,7,8)/b;2-1+/t3-;/m0./s1. The lowest BCUT2D eigenvalue weighted by molar-refractivity contribution is -0.140. The van der Waals surface area contributed by atoms with E-state index in [2.05, 4.69) is 0 Å². The van der Waals surface area contributed by atoms with Gasteiger partial charge in [-0.3, -0.25) is 9.59 Å². The quantitative estimate of drug-likeness (QED) is 0.375. The van der Waals surface area contributed by atoms with Crippen LogP contribution < -0.4 is 5.73 Å². The Balaban J connectivity index is 0. The first-order chi connectivity index (χ1) is 8.16. The summed E-state index contributed by atoms with van der Waals surface area (Å²) >= 11 is 0. The molecule has 9 heteroatoms. The lowest BCUT2D eigenvalue weighted by Gasteiger charge is -2.01. The van der Waals surface area contributed by atoms with Gasteiger partial charge in [-0.2, -0.15) is 0 Å². The summed E-state index contributed by atoms with van der Waals surface area (Å²) in [6.45, 7) is 0. The van der Waals surface area contributed by atoms with E-state index in [1.165, 1.54) is 0 Å². The second kappa shape index (κ2) is 9.78. The number of carboxylic acids is 4. The van der Waals surface area contributed by atoms with Crippen molar-refractivity contribution >= 4 is 23.9 Å². The zero-order valence-corrected chi connectivity index (χ0v) is 9.15. The van der Waals surface area contributed by atoms with Crippen molar-refractivity contribution in [3.63, 3.8) is 0 Å². The van der Waals surface area contributed by atoms with E-state index in [9.17, 15) is 19.2 Å². The molecule has 0 aromatic heterocycles. The average Bonchev–Trinajstić information content (AvgIpc) is 2.23. The van der Waals surface area contributed by atoms with Gasteiger partial charge in [0.05, 0.1) is 0 Å². The highest BCUT2D eigenvalue weighted by atomic mass is 16.4. The maximum absolute atomic E-state index is 9.99. The molecule has 0 unspecified atom stereocenters. The Bertz CT molecular complexity index is 332. The smallest absolute Gasteiger partial charge is 0.328 e. The molecule has 18 heavy (non-hydrogen) atoms. The molecule has 0 spiro atoms. The number of carbonyl (C=O) groups is 4. The van der Waals surface area contributed by atoms with Crippen LogP contribution in [0.1, 0.15) is 12.8 Å². The molecule has 9 nitrogen and oxygen atoms in total. The number of nitrogens with two attached hydrogens (primary N) is 1. The van der Waals surface area contributed by atoms with Crippen LogP contribution in [0.3, 0.4) is 0 Å². The lowest BCUT2D eigenvalue weighted by Crippen LogP contribution is -2.30. The summed E-state index contributed by atoms with van der Waals surface area (Å²) in [4.78, 5) is 39.0. The van der Waals surface area contributed by atoms with Gasteiger partial charge in [-0.1, -0.05) is 0 Å². The molecular formula is C9H13NO8. The maximum Gasteiger partial charge on any atom is 0.328 e. The molecule has 1 atom stereocenters. The van der Waals surface area contributed by atoms with Crippen LogP contribution in [-0.2, 0) is 19.2 Å². The molecule has 6 N–H and O–H groups in total. The van der Waals surface area contributed by atoms with E-state index in [-0.39, 0.29) is 12.8 Å². The van der Waals surface area contributed by atoms with E-state index in [1.807, 2.05) is 0 Å². The number of aliphatic carboxylic acids is 4. The maximum atomic E-state index is 9.99. The van der Waals surface area contributed by atoms with Crippen LogP contribution in [0.4, 0.5) is 0 Å². The number of carboxylic acid groups (broad SMARTS) is 4. The van der Waals surface area contributed by atoms with Crippen LogP contribution in [0, 0.1) is 0 Å². The third-order valence-corrected chi connectivity index (χ3v) is 1.35. The minimum Gasteiger partial charge on any atom is -0.481 e. The zero-order valence-electron chi connectivity index (χ0n) is 9.15. The van der Waals surface area contributed by atoms with Gasteiger partial charge < -0.3 is 26.2 Å². The predicted octanol–water partition coefficient (Wildman–Crippen LogP) is -1.03. The Kier molecular flexibility index (Phi) is 9.76. The van der Waals surface area contributed by atoms with E-state index >= 15 is 0 Å². The van der Waals surface area contributed by atoms with Gasteiger partial charge in [0.15, 0.2) is 0 Å². The molecule has 0 aromatic carbocycles.